The van der Waals surface area contributed by atoms with Gasteiger partial charge >= 0.3 is 17.9 Å². The minimum atomic E-state index is -0.803. The molecule has 0 aliphatic rings. The van der Waals surface area contributed by atoms with Crippen LogP contribution in [-0.2, 0) is 28.6 Å². The summed E-state index contributed by atoms with van der Waals surface area (Å²) in [7, 11) is 0. The van der Waals surface area contributed by atoms with Crippen molar-refractivity contribution in [1.82, 2.24) is 0 Å². The molecular formula is C45H76O6. The maximum atomic E-state index is 12.6. The van der Waals surface area contributed by atoms with E-state index in [9.17, 15) is 14.4 Å². The molecule has 0 saturated heterocycles. The van der Waals surface area contributed by atoms with Crippen LogP contribution in [0.2, 0.25) is 0 Å². The van der Waals surface area contributed by atoms with Crippen molar-refractivity contribution in [2.75, 3.05) is 13.2 Å². The molecule has 0 aromatic rings. The first kappa shape index (κ1) is 48.1. The zero-order chi connectivity index (χ0) is 37.3. The Morgan fingerprint density at radius 1 is 0.412 bits per heavy atom. The van der Waals surface area contributed by atoms with Crippen LogP contribution in [0.15, 0.2) is 60.8 Å². The van der Waals surface area contributed by atoms with Crippen LogP contribution in [0.5, 0.6) is 0 Å². The van der Waals surface area contributed by atoms with E-state index in [1.54, 1.807) is 0 Å². The molecular weight excluding hydrogens is 636 g/mol. The van der Waals surface area contributed by atoms with E-state index in [0.717, 1.165) is 96.3 Å². The van der Waals surface area contributed by atoms with Crippen LogP contribution in [-0.4, -0.2) is 37.2 Å². The summed E-state index contributed by atoms with van der Waals surface area (Å²) in [5.41, 5.74) is 0. The van der Waals surface area contributed by atoms with E-state index in [1.807, 2.05) is 0 Å². The minimum Gasteiger partial charge on any atom is -0.462 e. The number of hydrogen-bond donors (Lipinski definition) is 0. The van der Waals surface area contributed by atoms with Crippen LogP contribution in [0.3, 0.4) is 0 Å². The molecule has 0 spiro atoms. The van der Waals surface area contributed by atoms with Gasteiger partial charge in [-0.1, -0.05) is 139 Å². The number of unbranched alkanes of at least 4 members (excludes halogenated alkanes) is 15. The van der Waals surface area contributed by atoms with Gasteiger partial charge in [0.25, 0.3) is 0 Å². The first-order valence-corrected chi connectivity index (χ1v) is 20.8. The van der Waals surface area contributed by atoms with Gasteiger partial charge in [-0.2, -0.15) is 0 Å². The highest BCUT2D eigenvalue weighted by Crippen LogP contribution is 2.11. The van der Waals surface area contributed by atoms with Crippen molar-refractivity contribution in [3.05, 3.63) is 60.8 Å². The topological polar surface area (TPSA) is 78.9 Å². The summed E-state index contributed by atoms with van der Waals surface area (Å²) in [5, 5.41) is 0. The van der Waals surface area contributed by atoms with Crippen molar-refractivity contribution in [3.63, 3.8) is 0 Å². The van der Waals surface area contributed by atoms with E-state index in [-0.39, 0.29) is 37.5 Å². The number of carbonyl (C=O) groups is 3. The van der Waals surface area contributed by atoms with Crippen molar-refractivity contribution in [2.45, 2.75) is 194 Å². The summed E-state index contributed by atoms with van der Waals surface area (Å²) < 4.78 is 16.6. The number of hydrogen-bond acceptors (Lipinski definition) is 6. The molecule has 6 heteroatoms. The van der Waals surface area contributed by atoms with Gasteiger partial charge in [0.1, 0.15) is 13.2 Å². The Morgan fingerprint density at radius 2 is 0.804 bits per heavy atom. The third-order valence-electron chi connectivity index (χ3n) is 8.48. The van der Waals surface area contributed by atoms with Gasteiger partial charge in [-0.05, 0) is 89.9 Å². The third kappa shape index (κ3) is 38.2. The Kier molecular flexibility index (Phi) is 37.6. The van der Waals surface area contributed by atoms with Crippen LogP contribution >= 0.6 is 0 Å². The Hall–Kier alpha value is -2.89. The van der Waals surface area contributed by atoms with Crippen molar-refractivity contribution in [1.29, 1.82) is 0 Å². The Morgan fingerprint density at radius 3 is 1.33 bits per heavy atom. The van der Waals surface area contributed by atoms with E-state index in [1.165, 1.54) is 44.9 Å². The fourth-order valence-corrected chi connectivity index (χ4v) is 5.32. The number of carbonyl (C=O) groups excluding carboxylic acids is 3. The summed E-state index contributed by atoms with van der Waals surface area (Å²) in [5.74, 6) is -0.991. The van der Waals surface area contributed by atoms with Crippen LogP contribution in [0.1, 0.15) is 188 Å². The molecule has 0 rings (SSSR count). The quantitative estimate of drug-likeness (QED) is 0.0278. The highest BCUT2D eigenvalue weighted by Gasteiger charge is 2.19. The second-order valence-corrected chi connectivity index (χ2v) is 13.5. The van der Waals surface area contributed by atoms with Crippen LogP contribution in [0.25, 0.3) is 0 Å². The molecule has 51 heavy (non-hydrogen) atoms. The first-order valence-electron chi connectivity index (χ1n) is 20.8. The van der Waals surface area contributed by atoms with Crippen molar-refractivity contribution in [3.8, 4) is 0 Å². The smallest absolute Gasteiger partial charge is 0.306 e. The van der Waals surface area contributed by atoms with E-state index in [0.29, 0.717) is 19.3 Å². The van der Waals surface area contributed by atoms with Gasteiger partial charge in [0, 0.05) is 19.3 Å². The Balaban J connectivity index is 4.48. The number of allylic oxidation sites excluding steroid dienone is 10. The van der Waals surface area contributed by atoms with E-state index in [4.69, 9.17) is 14.2 Å². The molecule has 0 radical (unpaired) electrons. The van der Waals surface area contributed by atoms with Gasteiger partial charge in [-0.3, -0.25) is 14.4 Å². The Bertz CT molecular complexity index is 960. The maximum absolute atomic E-state index is 12.6. The van der Waals surface area contributed by atoms with E-state index >= 15 is 0 Å². The molecule has 1 unspecified atom stereocenters. The SMILES string of the molecule is CC/C=C\C/C=C\C/C=C\CCCC(=O)OC(COC(=O)CCCCCC/C=C\CCCC)COC(=O)CCCCCCC/C=C\CCCCC. The maximum Gasteiger partial charge on any atom is 0.306 e. The van der Waals surface area contributed by atoms with Crippen LogP contribution in [0.4, 0.5) is 0 Å². The van der Waals surface area contributed by atoms with Crippen molar-refractivity contribution >= 4 is 17.9 Å². The van der Waals surface area contributed by atoms with Crippen LogP contribution in [0, 0.1) is 0 Å². The molecule has 0 fully saturated rings. The summed E-state index contributed by atoms with van der Waals surface area (Å²) in [6.45, 7) is 6.35. The van der Waals surface area contributed by atoms with E-state index < -0.39 is 6.10 Å². The average molecular weight is 713 g/mol. The summed E-state index contributed by atoms with van der Waals surface area (Å²) >= 11 is 0. The predicted molar refractivity (Wildman–Crippen MR) is 215 cm³/mol. The molecule has 0 aromatic carbocycles. The van der Waals surface area contributed by atoms with Crippen LogP contribution < -0.4 is 0 Å². The number of ether oxygens (including phenoxy) is 3. The molecule has 0 heterocycles. The second kappa shape index (κ2) is 39.9. The van der Waals surface area contributed by atoms with Gasteiger partial charge in [-0.15, -0.1) is 0 Å². The molecule has 0 bridgehead atoms. The summed E-state index contributed by atoms with van der Waals surface area (Å²) in [6.07, 6.45) is 46.4. The first-order chi connectivity index (χ1) is 25.0. The average Bonchev–Trinajstić information content (AvgIpc) is 3.12. The van der Waals surface area contributed by atoms with Crippen molar-refractivity contribution in [2.24, 2.45) is 0 Å². The van der Waals surface area contributed by atoms with Gasteiger partial charge in [0.15, 0.2) is 6.10 Å². The lowest BCUT2D eigenvalue weighted by atomic mass is 10.1. The molecule has 6 nitrogen and oxygen atoms in total. The standard InChI is InChI=1S/C45H76O6/c1-4-7-10-13-16-19-22-24-26-29-32-35-38-44(47)50-41-42(40-49-43(46)37-34-31-28-25-21-18-15-12-9-6-3)51-45(48)39-36-33-30-27-23-20-17-14-11-8-5-2/h8,11,15-20,27,30,42H,4-7,9-10,12-14,21-26,28-29,31-41H2,1-3H3/b11-8-,18-15-,19-16-,20-17-,30-27-. The largest absolute Gasteiger partial charge is 0.462 e. The molecule has 1 atom stereocenters. The molecule has 0 amide bonds. The zero-order valence-corrected chi connectivity index (χ0v) is 33.1. The third-order valence-corrected chi connectivity index (χ3v) is 8.48. The predicted octanol–water partition coefficient (Wildman–Crippen LogP) is 13.0. The lowest BCUT2D eigenvalue weighted by molar-refractivity contribution is -0.167. The van der Waals surface area contributed by atoms with Crippen molar-refractivity contribution < 1.29 is 28.6 Å². The molecule has 0 N–H and O–H groups in total. The number of esters is 3. The van der Waals surface area contributed by atoms with Gasteiger partial charge < -0.3 is 14.2 Å². The highest BCUT2D eigenvalue weighted by atomic mass is 16.6. The van der Waals surface area contributed by atoms with Gasteiger partial charge in [-0.25, -0.2) is 0 Å². The lowest BCUT2D eigenvalue weighted by Crippen LogP contribution is -2.30. The summed E-state index contributed by atoms with van der Waals surface area (Å²) in [6, 6.07) is 0. The summed E-state index contributed by atoms with van der Waals surface area (Å²) in [4.78, 5) is 37.5. The number of rotatable bonds is 36. The zero-order valence-electron chi connectivity index (χ0n) is 33.1. The highest BCUT2D eigenvalue weighted by molar-refractivity contribution is 5.71. The molecule has 292 valence electrons. The van der Waals surface area contributed by atoms with Gasteiger partial charge in [0.05, 0.1) is 0 Å². The molecule has 0 aliphatic heterocycles. The minimum absolute atomic E-state index is 0.103. The fourth-order valence-electron chi connectivity index (χ4n) is 5.32. The molecule has 0 saturated carbocycles. The Labute approximate surface area is 313 Å². The lowest BCUT2D eigenvalue weighted by Gasteiger charge is -2.18. The normalized spacial score (nSPS) is 12.6. The molecule has 0 aliphatic carbocycles. The monoisotopic (exact) mass is 713 g/mol. The second-order valence-electron chi connectivity index (χ2n) is 13.5. The van der Waals surface area contributed by atoms with E-state index in [2.05, 4.69) is 81.5 Å². The van der Waals surface area contributed by atoms with Gasteiger partial charge in [0.2, 0.25) is 0 Å². The fraction of sp³-hybridized carbons (Fsp3) is 0.711. The molecule has 0 aromatic heterocycles.